The SMILES string of the molecule is Br.NC(=O)C1=C(NCc2ccc(O)cc2)N=NC1Nc1ccc(N2CCOCC2)cc1. The van der Waals surface area contributed by atoms with Crippen LogP contribution in [0.3, 0.4) is 0 Å². The Hall–Kier alpha value is -3.11. The summed E-state index contributed by atoms with van der Waals surface area (Å²) in [5.41, 5.74) is 8.74. The highest BCUT2D eigenvalue weighted by Gasteiger charge is 2.28. The van der Waals surface area contributed by atoms with E-state index in [-0.39, 0.29) is 28.3 Å². The maximum absolute atomic E-state index is 12.0. The van der Waals surface area contributed by atoms with Gasteiger partial charge in [0, 0.05) is 31.0 Å². The molecule has 1 fully saturated rings. The van der Waals surface area contributed by atoms with Gasteiger partial charge in [0.2, 0.25) is 0 Å². The summed E-state index contributed by atoms with van der Waals surface area (Å²) in [6, 6.07) is 14.7. The number of phenolic OH excluding ortho intramolecular Hbond substituents is 1. The van der Waals surface area contributed by atoms with Crippen molar-refractivity contribution in [3.63, 3.8) is 0 Å². The molecular formula is C21H25BrN6O3. The van der Waals surface area contributed by atoms with E-state index in [0.29, 0.717) is 12.4 Å². The fraction of sp³-hybridized carbons (Fsp3) is 0.286. The zero-order chi connectivity index (χ0) is 20.9. The smallest absolute Gasteiger partial charge is 0.252 e. The molecule has 0 aromatic heterocycles. The zero-order valence-corrected chi connectivity index (χ0v) is 18.5. The summed E-state index contributed by atoms with van der Waals surface area (Å²) >= 11 is 0. The Morgan fingerprint density at radius 3 is 2.45 bits per heavy atom. The van der Waals surface area contributed by atoms with Gasteiger partial charge >= 0.3 is 0 Å². The van der Waals surface area contributed by atoms with Gasteiger partial charge in [-0.15, -0.1) is 22.1 Å². The van der Waals surface area contributed by atoms with E-state index >= 15 is 0 Å². The number of nitrogens with zero attached hydrogens (tertiary/aromatic N) is 3. The van der Waals surface area contributed by atoms with E-state index in [1.54, 1.807) is 24.3 Å². The van der Waals surface area contributed by atoms with Crippen LogP contribution in [0.4, 0.5) is 11.4 Å². The summed E-state index contributed by atoms with van der Waals surface area (Å²) in [6.07, 6.45) is -0.654. The van der Waals surface area contributed by atoms with Crippen molar-refractivity contribution in [1.29, 1.82) is 0 Å². The van der Waals surface area contributed by atoms with Crippen molar-refractivity contribution in [3.05, 3.63) is 65.5 Å². The molecule has 1 atom stereocenters. The molecule has 0 aliphatic carbocycles. The van der Waals surface area contributed by atoms with Crippen molar-refractivity contribution < 1.29 is 14.6 Å². The molecule has 2 aromatic carbocycles. The summed E-state index contributed by atoms with van der Waals surface area (Å²) in [7, 11) is 0. The second-order valence-electron chi connectivity index (χ2n) is 7.06. The number of primary amides is 1. The molecule has 1 amide bonds. The van der Waals surface area contributed by atoms with Crippen LogP contribution < -0.4 is 21.3 Å². The molecule has 4 rings (SSSR count). The number of nitrogens with one attached hydrogen (secondary N) is 2. The van der Waals surface area contributed by atoms with Crippen LogP contribution >= 0.6 is 17.0 Å². The molecule has 10 heteroatoms. The van der Waals surface area contributed by atoms with Crippen molar-refractivity contribution in [3.8, 4) is 5.75 Å². The number of hydrogen-bond acceptors (Lipinski definition) is 8. The van der Waals surface area contributed by atoms with Gasteiger partial charge in [-0.2, -0.15) is 5.11 Å². The molecular weight excluding hydrogens is 464 g/mol. The average molecular weight is 489 g/mol. The third-order valence-corrected chi connectivity index (χ3v) is 5.01. The number of aromatic hydroxyl groups is 1. The topological polar surface area (TPSA) is 125 Å². The predicted octanol–water partition coefficient (Wildman–Crippen LogP) is 2.50. The molecule has 1 unspecified atom stereocenters. The minimum Gasteiger partial charge on any atom is -0.508 e. The molecule has 1 saturated heterocycles. The van der Waals surface area contributed by atoms with E-state index in [4.69, 9.17) is 10.5 Å². The Bertz CT molecular complexity index is 956. The second kappa shape index (κ2) is 10.3. The Kier molecular flexibility index (Phi) is 7.48. The van der Waals surface area contributed by atoms with Gasteiger partial charge in [0.25, 0.3) is 5.91 Å². The van der Waals surface area contributed by atoms with Crippen molar-refractivity contribution in [2.45, 2.75) is 12.7 Å². The molecule has 2 heterocycles. The lowest BCUT2D eigenvalue weighted by Crippen LogP contribution is -2.36. The zero-order valence-electron chi connectivity index (χ0n) is 16.8. The highest BCUT2D eigenvalue weighted by molar-refractivity contribution is 8.93. The van der Waals surface area contributed by atoms with Crippen LogP contribution in [-0.4, -0.2) is 43.5 Å². The molecule has 2 aliphatic rings. The number of benzene rings is 2. The summed E-state index contributed by atoms with van der Waals surface area (Å²) in [4.78, 5) is 14.3. The Morgan fingerprint density at radius 2 is 1.81 bits per heavy atom. The highest BCUT2D eigenvalue weighted by atomic mass is 79.9. The molecule has 0 radical (unpaired) electrons. The number of rotatable bonds is 7. The molecule has 0 saturated carbocycles. The normalized spacial score (nSPS) is 17.9. The van der Waals surface area contributed by atoms with Gasteiger partial charge in [-0.3, -0.25) is 4.79 Å². The Balaban J connectivity index is 0.00000272. The fourth-order valence-electron chi connectivity index (χ4n) is 3.39. The van der Waals surface area contributed by atoms with Crippen LogP contribution in [0.25, 0.3) is 0 Å². The molecule has 5 N–H and O–H groups in total. The van der Waals surface area contributed by atoms with Gasteiger partial charge in [0.05, 0.1) is 13.2 Å². The third-order valence-electron chi connectivity index (χ3n) is 5.01. The minimum absolute atomic E-state index is 0. The van der Waals surface area contributed by atoms with E-state index in [2.05, 4.69) is 25.8 Å². The summed E-state index contributed by atoms with van der Waals surface area (Å²) < 4.78 is 5.39. The number of anilines is 2. The van der Waals surface area contributed by atoms with Gasteiger partial charge in [0.1, 0.15) is 11.3 Å². The summed E-state index contributed by atoms with van der Waals surface area (Å²) in [5.74, 6) is -0.0473. The molecule has 2 aliphatic heterocycles. The largest absolute Gasteiger partial charge is 0.508 e. The van der Waals surface area contributed by atoms with E-state index in [9.17, 15) is 9.90 Å². The lowest BCUT2D eigenvalue weighted by Gasteiger charge is -2.29. The Labute approximate surface area is 190 Å². The van der Waals surface area contributed by atoms with Gasteiger partial charge in [-0.05, 0) is 42.0 Å². The average Bonchev–Trinajstić information content (AvgIpc) is 3.17. The van der Waals surface area contributed by atoms with Crippen molar-refractivity contribution >= 4 is 34.3 Å². The lowest BCUT2D eigenvalue weighted by atomic mass is 10.1. The van der Waals surface area contributed by atoms with Crippen LogP contribution in [0.5, 0.6) is 5.75 Å². The monoisotopic (exact) mass is 488 g/mol. The number of halogens is 1. The van der Waals surface area contributed by atoms with E-state index < -0.39 is 12.1 Å². The first kappa shape index (κ1) is 22.6. The highest BCUT2D eigenvalue weighted by Crippen LogP contribution is 2.25. The van der Waals surface area contributed by atoms with Crippen LogP contribution in [0.1, 0.15) is 5.56 Å². The number of carbonyl (C=O) groups excluding carboxylic acids is 1. The second-order valence-corrected chi connectivity index (χ2v) is 7.06. The number of ether oxygens (including phenoxy) is 1. The standard InChI is InChI=1S/C21H24N6O3.BrH/c22-19(29)18-20(23-13-14-1-7-17(28)8-2-14)25-26-21(18)24-15-3-5-16(6-4-15)27-9-11-30-12-10-27;/h1-8,21,23-24,28H,9-13H2,(H2,22,29);1H. The predicted molar refractivity (Wildman–Crippen MR) is 123 cm³/mol. The molecule has 9 nitrogen and oxygen atoms in total. The van der Waals surface area contributed by atoms with Gasteiger partial charge in [-0.25, -0.2) is 0 Å². The number of phenols is 1. The van der Waals surface area contributed by atoms with E-state index in [0.717, 1.165) is 43.2 Å². The van der Waals surface area contributed by atoms with Crippen LogP contribution in [-0.2, 0) is 16.1 Å². The van der Waals surface area contributed by atoms with Gasteiger partial charge < -0.3 is 31.1 Å². The van der Waals surface area contributed by atoms with E-state index in [1.807, 2.05) is 24.3 Å². The molecule has 0 bridgehead atoms. The van der Waals surface area contributed by atoms with Crippen molar-refractivity contribution in [2.75, 3.05) is 36.5 Å². The number of hydrogen-bond donors (Lipinski definition) is 4. The van der Waals surface area contributed by atoms with Crippen molar-refractivity contribution in [2.24, 2.45) is 16.0 Å². The van der Waals surface area contributed by atoms with Gasteiger partial charge in [-0.1, -0.05) is 12.1 Å². The number of nitrogens with two attached hydrogens (primary N) is 1. The molecule has 164 valence electrons. The quantitative estimate of drug-likeness (QED) is 0.474. The van der Waals surface area contributed by atoms with Crippen LogP contribution in [0.2, 0.25) is 0 Å². The van der Waals surface area contributed by atoms with Gasteiger partial charge in [0.15, 0.2) is 12.0 Å². The Morgan fingerprint density at radius 1 is 1.13 bits per heavy atom. The molecule has 31 heavy (non-hydrogen) atoms. The number of morpholine rings is 1. The first-order chi connectivity index (χ1) is 14.6. The van der Waals surface area contributed by atoms with Crippen molar-refractivity contribution in [1.82, 2.24) is 5.32 Å². The maximum Gasteiger partial charge on any atom is 0.252 e. The molecule has 2 aromatic rings. The summed E-state index contributed by atoms with van der Waals surface area (Å²) in [5, 5.41) is 23.9. The van der Waals surface area contributed by atoms with Crippen LogP contribution in [0, 0.1) is 0 Å². The first-order valence-electron chi connectivity index (χ1n) is 9.76. The third kappa shape index (κ3) is 5.53. The first-order valence-corrected chi connectivity index (χ1v) is 9.76. The van der Waals surface area contributed by atoms with Crippen LogP contribution in [0.15, 0.2) is 70.2 Å². The minimum atomic E-state index is -0.654. The molecule has 0 spiro atoms. The summed E-state index contributed by atoms with van der Waals surface area (Å²) in [6.45, 7) is 3.62. The fourth-order valence-corrected chi connectivity index (χ4v) is 3.39. The number of carbonyl (C=O) groups is 1. The number of amides is 1. The number of azo groups is 1. The lowest BCUT2D eigenvalue weighted by molar-refractivity contribution is -0.114. The maximum atomic E-state index is 12.0. The van der Waals surface area contributed by atoms with E-state index in [1.165, 1.54) is 0 Å².